The minimum absolute atomic E-state index is 0.00778. The maximum Gasteiger partial charge on any atom is 0.450 e. The summed E-state index contributed by atoms with van der Waals surface area (Å²) in [5.74, 6) is -1.09. The predicted octanol–water partition coefficient (Wildman–Crippen LogP) is 3.49. The average Bonchev–Trinajstić information content (AvgIpc) is 2.78. The summed E-state index contributed by atoms with van der Waals surface area (Å²) >= 11 is 5.69. The third-order valence-electron chi connectivity index (χ3n) is 2.64. The molecule has 3 rings (SSSR count). The lowest BCUT2D eigenvalue weighted by Crippen LogP contribution is -2.14. The molecule has 0 aliphatic rings. The largest absolute Gasteiger partial charge is 0.450 e. The van der Waals surface area contributed by atoms with Gasteiger partial charge in [-0.3, -0.25) is 9.55 Å². The molecule has 20 heavy (non-hydrogen) atoms. The van der Waals surface area contributed by atoms with Gasteiger partial charge in [-0.1, -0.05) is 23.7 Å². The molecule has 0 saturated carbocycles. The second-order valence-corrected chi connectivity index (χ2v) is 4.34. The molecule has 8 heteroatoms. The third kappa shape index (κ3) is 2.09. The Bertz CT molecular complexity index is 782. The van der Waals surface area contributed by atoms with Crippen molar-refractivity contribution in [3.05, 3.63) is 47.6 Å². The minimum atomic E-state index is -4.61. The van der Waals surface area contributed by atoms with Gasteiger partial charge in [0.25, 0.3) is 0 Å². The van der Waals surface area contributed by atoms with Crippen LogP contribution in [0.5, 0.6) is 0 Å². The number of hydrogen-bond acceptors (Lipinski definition) is 3. The Balaban J connectivity index is 2.37. The van der Waals surface area contributed by atoms with Gasteiger partial charge in [-0.15, -0.1) is 0 Å². The quantitative estimate of drug-likeness (QED) is 0.691. The van der Waals surface area contributed by atoms with Gasteiger partial charge in [-0.25, -0.2) is 9.97 Å². The SMILES string of the molecule is FC(F)(F)c1nc2ccccc2n1-c1cncc(Cl)n1. The zero-order valence-corrected chi connectivity index (χ0v) is 10.5. The van der Waals surface area contributed by atoms with E-state index < -0.39 is 12.0 Å². The van der Waals surface area contributed by atoms with E-state index in [1.807, 2.05) is 0 Å². The van der Waals surface area contributed by atoms with Crippen LogP contribution in [0, 0.1) is 0 Å². The number of alkyl halides is 3. The van der Waals surface area contributed by atoms with Gasteiger partial charge in [0, 0.05) is 0 Å². The summed E-state index contributed by atoms with van der Waals surface area (Å²) in [6.45, 7) is 0. The molecule has 0 aliphatic carbocycles. The van der Waals surface area contributed by atoms with E-state index in [0.717, 1.165) is 4.57 Å². The highest BCUT2D eigenvalue weighted by molar-refractivity contribution is 6.29. The lowest BCUT2D eigenvalue weighted by atomic mass is 10.3. The van der Waals surface area contributed by atoms with Crippen LogP contribution in [0.2, 0.25) is 5.15 Å². The number of hydrogen-bond donors (Lipinski definition) is 0. The number of rotatable bonds is 1. The highest BCUT2D eigenvalue weighted by atomic mass is 35.5. The number of para-hydroxylation sites is 2. The van der Waals surface area contributed by atoms with Crippen molar-refractivity contribution in [3.63, 3.8) is 0 Å². The fourth-order valence-electron chi connectivity index (χ4n) is 1.89. The molecule has 0 bridgehead atoms. The lowest BCUT2D eigenvalue weighted by Gasteiger charge is -2.10. The van der Waals surface area contributed by atoms with Crippen molar-refractivity contribution in [2.24, 2.45) is 0 Å². The van der Waals surface area contributed by atoms with Gasteiger partial charge in [-0.05, 0) is 12.1 Å². The summed E-state index contributed by atoms with van der Waals surface area (Å²) in [5, 5.41) is 0.00778. The average molecular weight is 299 g/mol. The molecule has 0 unspecified atom stereocenters. The van der Waals surface area contributed by atoms with Crippen LogP contribution in [0.15, 0.2) is 36.7 Å². The van der Waals surface area contributed by atoms with E-state index in [2.05, 4.69) is 15.0 Å². The van der Waals surface area contributed by atoms with E-state index in [1.165, 1.54) is 24.5 Å². The lowest BCUT2D eigenvalue weighted by molar-refractivity contribution is -0.145. The molecule has 0 spiro atoms. The van der Waals surface area contributed by atoms with E-state index in [1.54, 1.807) is 12.1 Å². The fraction of sp³-hybridized carbons (Fsp3) is 0.0833. The standard InChI is InChI=1S/C12H6ClF3N4/c13-9-5-17-6-10(19-9)20-8-4-2-1-3-7(8)18-11(20)12(14,15)16/h1-6H. The summed E-state index contributed by atoms with van der Waals surface area (Å²) in [7, 11) is 0. The maximum atomic E-state index is 13.1. The predicted molar refractivity (Wildman–Crippen MR) is 66.7 cm³/mol. The third-order valence-corrected chi connectivity index (χ3v) is 2.82. The first kappa shape index (κ1) is 12.9. The highest BCUT2D eigenvalue weighted by Crippen LogP contribution is 2.33. The normalized spacial score (nSPS) is 12.0. The van der Waals surface area contributed by atoms with Crippen LogP contribution in [0.25, 0.3) is 16.9 Å². The molecule has 2 aromatic heterocycles. The first-order chi connectivity index (χ1) is 9.47. The molecule has 4 nitrogen and oxygen atoms in total. The zero-order chi connectivity index (χ0) is 14.3. The second kappa shape index (κ2) is 4.45. The first-order valence-electron chi connectivity index (χ1n) is 5.49. The van der Waals surface area contributed by atoms with Gasteiger partial charge < -0.3 is 0 Å². The summed E-state index contributed by atoms with van der Waals surface area (Å²) in [6, 6.07) is 6.27. The maximum absolute atomic E-state index is 13.1. The Hall–Kier alpha value is -2.15. The van der Waals surface area contributed by atoms with Gasteiger partial charge >= 0.3 is 6.18 Å². The van der Waals surface area contributed by atoms with Crippen LogP contribution in [-0.4, -0.2) is 19.5 Å². The number of imidazole rings is 1. The van der Waals surface area contributed by atoms with Crippen LogP contribution in [0.4, 0.5) is 13.2 Å². The monoisotopic (exact) mass is 298 g/mol. The Morgan fingerprint density at radius 3 is 2.50 bits per heavy atom. The highest BCUT2D eigenvalue weighted by Gasteiger charge is 2.38. The van der Waals surface area contributed by atoms with E-state index in [9.17, 15) is 13.2 Å². The van der Waals surface area contributed by atoms with E-state index >= 15 is 0 Å². The number of nitrogens with zero attached hydrogens (tertiary/aromatic N) is 4. The van der Waals surface area contributed by atoms with E-state index in [-0.39, 0.29) is 22.0 Å². The molecular formula is C12H6ClF3N4. The topological polar surface area (TPSA) is 43.6 Å². The van der Waals surface area contributed by atoms with Crippen molar-refractivity contribution in [1.29, 1.82) is 0 Å². The molecule has 0 saturated heterocycles. The first-order valence-corrected chi connectivity index (χ1v) is 5.87. The molecular weight excluding hydrogens is 293 g/mol. The minimum Gasteiger partial charge on any atom is -0.271 e. The molecule has 2 heterocycles. The van der Waals surface area contributed by atoms with Crippen molar-refractivity contribution in [2.75, 3.05) is 0 Å². The van der Waals surface area contributed by atoms with E-state index in [4.69, 9.17) is 11.6 Å². The van der Waals surface area contributed by atoms with Gasteiger partial charge in [0.2, 0.25) is 5.82 Å². The second-order valence-electron chi connectivity index (χ2n) is 3.96. The van der Waals surface area contributed by atoms with Crippen LogP contribution < -0.4 is 0 Å². The summed E-state index contributed by atoms with van der Waals surface area (Å²) in [4.78, 5) is 11.2. The summed E-state index contributed by atoms with van der Waals surface area (Å²) in [6.07, 6.45) is -2.16. The number of benzene rings is 1. The number of halogens is 4. The smallest absolute Gasteiger partial charge is 0.271 e. The zero-order valence-electron chi connectivity index (χ0n) is 9.76. The van der Waals surface area contributed by atoms with Gasteiger partial charge in [0.1, 0.15) is 5.15 Å². The molecule has 0 atom stereocenters. The van der Waals surface area contributed by atoms with Crippen LogP contribution in [0.3, 0.4) is 0 Å². The van der Waals surface area contributed by atoms with Gasteiger partial charge in [0.15, 0.2) is 5.82 Å². The molecule has 0 amide bonds. The molecule has 0 fully saturated rings. The molecule has 102 valence electrons. The van der Waals surface area contributed by atoms with Gasteiger partial charge in [-0.2, -0.15) is 13.2 Å². The Morgan fingerprint density at radius 1 is 1.05 bits per heavy atom. The van der Waals surface area contributed by atoms with Crippen molar-refractivity contribution in [3.8, 4) is 5.82 Å². The molecule has 3 aromatic rings. The van der Waals surface area contributed by atoms with Crippen molar-refractivity contribution in [1.82, 2.24) is 19.5 Å². The van der Waals surface area contributed by atoms with Crippen LogP contribution in [-0.2, 0) is 6.18 Å². The number of aromatic nitrogens is 4. The Labute approximate surface area is 115 Å². The van der Waals surface area contributed by atoms with Crippen molar-refractivity contribution < 1.29 is 13.2 Å². The Morgan fingerprint density at radius 2 is 1.80 bits per heavy atom. The summed E-state index contributed by atoms with van der Waals surface area (Å²) in [5.41, 5.74) is 0.512. The van der Waals surface area contributed by atoms with Crippen molar-refractivity contribution in [2.45, 2.75) is 6.18 Å². The molecule has 0 N–H and O–H groups in total. The Kier molecular flexibility index (Phi) is 2.86. The van der Waals surface area contributed by atoms with Gasteiger partial charge in [0.05, 0.1) is 23.4 Å². The molecule has 1 aromatic carbocycles. The molecule has 0 aliphatic heterocycles. The van der Waals surface area contributed by atoms with Crippen molar-refractivity contribution >= 4 is 22.6 Å². The van der Waals surface area contributed by atoms with Crippen LogP contribution >= 0.6 is 11.6 Å². The van der Waals surface area contributed by atoms with Crippen LogP contribution in [0.1, 0.15) is 5.82 Å². The van der Waals surface area contributed by atoms with E-state index in [0.29, 0.717) is 0 Å². The molecule has 0 radical (unpaired) electrons. The number of fused-ring (bicyclic) bond motifs is 1. The summed E-state index contributed by atoms with van der Waals surface area (Å²) < 4.78 is 40.2. The fourth-order valence-corrected chi connectivity index (χ4v) is 2.03.